The second-order valence-electron chi connectivity index (χ2n) is 5.42. The molecule has 2 aliphatic heterocycles. The van der Waals surface area contributed by atoms with Crippen LogP contribution in [0, 0.1) is 0 Å². The minimum absolute atomic E-state index is 0.00805. The topological polar surface area (TPSA) is 160 Å². The average molecular weight is 414 g/mol. The van der Waals surface area contributed by atoms with Crippen LogP contribution < -0.4 is 0 Å². The Kier molecular flexibility index (Phi) is 5.65. The Labute approximate surface area is 160 Å². The molecule has 1 amide bonds. The van der Waals surface area contributed by atoms with Gasteiger partial charge in [-0.15, -0.1) is 16.9 Å². The number of nitrogens with zero attached hydrogens (tertiary/aromatic N) is 6. The molecular weight excluding hydrogens is 400 g/mol. The molecule has 3 rings (SSSR count). The number of amides is 1. The van der Waals surface area contributed by atoms with Gasteiger partial charge in [-0.2, -0.15) is 0 Å². The number of carbonyl (C=O) groups is 3. The lowest BCUT2D eigenvalue weighted by molar-refractivity contribution is -0.146. The number of aromatic nitrogens is 4. The highest BCUT2D eigenvalue weighted by Crippen LogP contribution is 2.41. The highest BCUT2D eigenvalue weighted by Gasteiger charge is 2.45. The molecule has 0 aromatic carbocycles. The third kappa shape index (κ3) is 3.90. The van der Waals surface area contributed by atoms with Crippen molar-refractivity contribution < 1.29 is 29.4 Å². The number of thioether (sulfide) groups is 2. The molecule has 2 N–H and O–H groups in total. The molecular formula is C13H14N6O6S2. The van der Waals surface area contributed by atoms with Crippen LogP contribution in [0.2, 0.25) is 0 Å². The number of oxime groups is 1. The van der Waals surface area contributed by atoms with Crippen molar-refractivity contribution in [2.24, 2.45) is 5.16 Å². The van der Waals surface area contributed by atoms with E-state index in [2.05, 4.69) is 25.5 Å². The van der Waals surface area contributed by atoms with Crippen LogP contribution in [0.5, 0.6) is 0 Å². The van der Waals surface area contributed by atoms with Crippen molar-refractivity contribution in [3.05, 3.63) is 11.3 Å². The van der Waals surface area contributed by atoms with Gasteiger partial charge in [-0.3, -0.25) is 9.69 Å². The number of rotatable bonds is 8. The molecule has 27 heavy (non-hydrogen) atoms. The van der Waals surface area contributed by atoms with Gasteiger partial charge < -0.3 is 15.1 Å². The van der Waals surface area contributed by atoms with Gasteiger partial charge in [-0.05, 0) is 16.0 Å². The third-order valence-electron chi connectivity index (χ3n) is 3.76. The Morgan fingerprint density at radius 2 is 2.22 bits per heavy atom. The van der Waals surface area contributed by atoms with Gasteiger partial charge in [-0.25, -0.2) is 14.3 Å². The first-order chi connectivity index (χ1) is 12.9. The highest BCUT2D eigenvalue weighted by molar-refractivity contribution is 8.00. The van der Waals surface area contributed by atoms with E-state index >= 15 is 0 Å². The predicted molar refractivity (Wildman–Crippen MR) is 93.0 cm³/mol. The van der Waals surface area contributed by atoms with Crippen molar-refractivity contribution in [2.75, 3.05) is 18.6 Å². The Morgan fingerprint density at radius 3 is 2.85 bits per heavy atom. The number of β-lactam (4-membered cyclic amide) rings is 1. The third-order valence-corrected chi connectivity index (χ3v) is 6.08. The number of carbonyl (C=O) groups excluding carboxylic acids is 1. The second kappa shape index (κ2) is 7.96. The molecule has 0 saturated carbocycles. The Bertz CT molecular complexity index is 852. The van der Waals surface area contributed by atoms with Crippen molar-refractivity contribution in [3.63, 3.8) is 0 Å². The summed E-state index contributed by atoms with van der Waals surface area (Å²) < 4.78 is 1.23. The van der Waals surface area contributed by atoms with Crippen LogP contribution >= 0.6 is 23.5 Å². The molecule has 0 unspecified atom stereocenters. The Morgan fingerprint density at radius 1 is 1.44 bits per heavy atom. The number of fused-ring (bicyclic) bond motifs is 1. The molecule has 1 aromatic rings. The smallest absolute Gasteiger partial charge is 0.355 e. The second-order valence-corrected chi connectivity index (χ2v) is 7.53. The van der Waals surface area contributed by atoms with Gasteiger partial charge in [0.25, 0.3) is 0 Å². The fourth-order valence-corrected chi connectivity index (χ4v) is 4.81. The summed E-state index contributed by atoms with van der Waals surface area (Å²) in [6.45, 7) is -0.217. The van der Waals surface area contributed by atoms with Gasteiger partial charge in [0.1, 0.15) is 12.8 Å². The van der Waals surface area contributed by atoms with E-state index in [-0.39, 0.29) is 35.0 Å². The van der Waals surface area contributed by atoms with Crippen LogP contribution in [-0.4, -0.2) is 82.9 Å². The van der Waals surface area contributed by atoms with E-state index in [1.54, 1.807) is 0 Å². The summed E-state index contributed by atoms with van der Waals surface area (Å²) in [4.78, 5) is 40.3. The molecule has 0 radical (unpaired) electrons. The van der Waals surface area contributed by atoms with Crippen molar-refractivity contribution >= 4 is 47.1 Å². The van der Waals surface area contributed by atoms with Crippen LogP contribution in [0.3, 0.4) is 0 Å². The highest BCUT2D eigenvalue weighted by atomic mass is 32.2. The maximum Gasteiger partial charge on any atom is 0.355 e. The first kappa shape index (κ1) is 19.2. The number of tetrazole rings is 1. The van der Waals surface area contributed by atoms with Crippen LogP contribution in [-0.2, 0) is 25.8 Å². The molecule has 2 aliphatic rings. The van der Waals surface area contributed by atoms with E-state index in [0.717, 1.165) is 11.8 Å². The zero-order chi connectivity index (χ0) is 19.6. The summed E-state index contributed by atoms with van der Waals surface area (Å²) in [7, 11) is 1.23. The molecule has 14 heteroatoms. The molecule has 1 fully saturated rings. The zero-order valence-electron chi connectivity index (χ0n) is 13.9. The molecule has 1 atom stereocenters. The lowest BCUT2D eigenvalue weighted by Crippen LogP contribution is -2.54. The molecule has 1 saturated heterocycles. The first-order valence-electron chi connectivity index (χ1n) is 7.53. The monoisotopic (exact) mass is 414 g/mol. The summed E-state index contributed by atoms with van der Waals surface area (Å²) in [5, 5.41) is 33.2. The maximum absolute atomic E-state index is 11.8. The van der Waals surface area contributed by atoms with Gasteiger partial charge in [0.2, 0.25) is 11.1 Å². The summed E-state index contributed by atoms with van der Waals surface area (Å²) in [6, 6.07) is 0. The predicted octanol–water partition coefficient (Wildman–Crippen LogP) is -0.504. The first-order valence-corrected chi connectivity index (χ1v) is 9.57. The lowest BCUT2D eigenvalue weighted by atomic mass is 10.1. The van der Waals surface area contributed by atoms with E-state index in [1.165, 1.54) is 28.5 Å². The quantitative estimate of drug-likeness (QED) is 0.244. The largest absolute Gasteiger partial charge is 0.477 e. The van der Waals surface area contributed by atoms with Gasteiger partial charge in [0.15, 0.2) is 5.71 Å². The molecule has 3 heterocycles. The number of carboxylic acid groups (broad SMARTS) is 2. The van der Waals surface area contributed by atoms with Gasteiger partial charge in [-0.1, -0.05) is 16.9 Å². The molecule has 12 nitrogen and oxygen atoms in total. The number of hydrogen-bond acceptors (Lipinski definition) is 10. The zero-order valence-corrected chi connectivity index (χ0v) is 15.6. The van der Waals surface area contributed by atoms with Crippen LogP contribution in [0.4, 0.5) is 0 Å². The Balaban J connectivity index is 1.75. The maximum atomic E-state index is 11.8. The van der Waals surface area contributed by atoms with E-state index in [1.807, 2.05) is 0 Å². The summed E-state index contributed by atoms with van der Waals surface area (Å²) in [6.07, 6.45) is 0.344. The van der Waals surface area contributed by atoms with Crippen molar-refractivity contribution in [3.8, 4) is 0 Å². The van der Waals surface area contributed by atoms with E-state index in [0.29, 0.717) is 22.9 Å². The normalized spacial score (nSPS) is 19.6. The fourth-order valence-electron chi connectivity index (χ4n) is 2.53. The molecule has 1 aromatic heterocycles. The van der Waals surface area contributed by atoms with Crippen molar-refractivity contribution in [2.45, 2.75) is 23.5 Å². The minimum Gasteiger partial charge on any atom is -0.477 e. The summed E-state index contributed by atoms with van der Waals surface area (Å²) >= 11 is 2.65. The molecule has 0 spiro atoms. The number of carboxylic acids is 2. The van der Waals surface area contributed by atoms with E-state index in [4.69, 9.17) is 5.11 Å². The lowest BCUT2D eigenvalue weighted by Gasteiger charge is -2.43. The van der Waals surface area contributed by atoms with Crippen LogP contribution in [0.25, 0.3) is 0 Å². The average Bonchev–Trinajstić information content (AvgIpc) is 3.05. The Hall–Kier alpha value is -2.61. The standard InChI is InChI=1S/C13H14N6O6S2/c1-25-15-7(11(21)22)3-18-13(14-16-17-18)27-5-6-4-26-9-2-8(20)19(9)10(6)12(23)24/h9H,2-5H2,1H3,(H,21,22)(H,23,24)/b15-7+/t9-/m1/s1. The van der Waals surface area contributed by atoms with Gasteiger partial charge >= 0.3 is 11.9 Å². The minimum atomic E-state index is -1.27. The van der Waals surface area contributed by atoms with Crippen molar-refractivity contribution in [1.29, 1.82) is 0 Å². The van der Waals surface area contributed by atoms with Gasteiger partial charge in [0.05, 0.1) is 18.3 Å². The van der Waals surface area contributed by atoms with Crippen molar-refractivity contribution in [1.82, 2.24) is 25.1 Å². The molecule has 144 valence electrons. The molecule has 0 aliphatic carbocycles. The van der Waals surface area contributed by atoms with Crippen LogP contribution in [0.1, 0.15) is 6.42 Å². The van der Waals surface area contributed by atoms with E-state index < -0.39 is 11.9 Å². The van der Waals surface area contributed by atoms with Gasteiger partial charge in [0, 0.05) is 11.5 Å². The fraction of sp³-hybridized carbons (Fsp3) is 0.462. The number of hydrogen-bond donors (Lipinski definition) is 2. The SMILES string of the molecule is CO/N=C(\Cn1nnnc1SCC1=C(C(=O)O)N2C(=O)C[C@H]2SC1)C(=O)O. The van der Waals surface area contributed by atoms with E-state index in [9.17, 15) is 19.5 Å². The van der Waals surface area contributed by atoms with Crippen LogP contribution in [0.15, 0.2) is 21.6 Å². The number of aliphatic carboxylic acids is 2. The molecule has 0 bridgehead atoms. The summed E-state index contributed by atoms with van der Waals surface area (Å²) in [5.41, 5.74) is 0.299. The summed E-state index contributed by atoms with van der Waals surface area (Å²) in [5.74, 6) is -1.90.